The molecule has 2 aromatic rings. The summed E-state index contributed by atoms with van der Waals surface area (Å²) in [5, 5.41) is 12.7. The Morgan fingerprint density at radius 3 is 3.16 bits per heavy atom. The fourth-order valence-electron chi connectivity index (χ4n) is 2.16. The Morgan fingerprint density at radius 2 is 2.42 bits per heavy atom. The van der Waals surface area contributed by atoms with E-state index in [4.69, 9.17) is 4.42 Å². The Kier molecular flexibility index (Phi) is 3.33. The lowest BCUT2D eigenvalue weighted by atomic mass is 10.3. The molecule has 1 unspecified atom stereocenters. The maximum absolute atomic E-state index is 9.55. The predicted octanol–water partition coefficient (Wildman–Crippen LogP) is 1.25. The third kappa shape index (κ3) is 2.85. The van der Waals surface area contributed by atoms with Crippen LogP contribution in [0, 0.1) is 0 Å². The number of nitrogens with one attached hydrogen (secondary N) is 1. The van der Waals surface area contributed by atoms with Crippen molar-refractivity contribution in [2.45, 2.75) is 19.1 Å². The molecule has 0 saturated carbocycles. The van der Waals surface area contributed by atoms with Crippen LogP contribution in [0.25, 0.3) is 0 Å². The Balaban J connectivity index is 1.66. The molecule has 100 valence electrons. The summed E-state index contributed by atoms with van der Waals surface area (Å²) in [7, 11) is 0. The Labute approximate surface area is 111 Å². The molecule has 1 aliphatic rings. The van der Waals surface area contributed by atoms with Gasteiger partial charge in [-0.15, -0.1) is 0 Å². The summed E-state index contributed by atoms with van der Waals surface area (Å²) in [6.45, 7) is 2.05. The Morgan fingerprint density at radius 1 is 1.47 bits per heavy atom. The summed E-state index contributed by atoms with van der Waals surface area (Å²) in [4.78, 5) is 10.5. The molecule has 6 nitrogen and oxygen atoms in total. The summed E-state index contributed by atoms with van der Waals surface area (Å²) in [5.74, 6) is 2.45. The lowest BCUT2D eigenvalue weighted by Gasteiger charge is -2.16. The molecule has 2 N–H and O–H groups in total. The van der Waals surface area contributed by atoms with Crippen LogP contribution < -0.4 is 10.2 Å². The fraction of sp³-hybridized carbons (Fsp3) is 0.385. The molecule has 1 aliphatic heterocycles. The summed E-state index contributed by atoms with van der Waals surface area (Å²) in [6, 6.07) is 5.65. The van der Waals surface area contributed by atoms with Gasteiger partial charge < -0.3 is 19.7 Å². The number of hydrogen-bond donors (Lipinski definition) is 2. The normalized spacial score (nSPS) is 18.8. The monoisotopic (exact) mass is 260 g/mol. The minimum Gasteiger partial charge on any atom is -0.467 e. The minimum absolute atomic E-state index is 0.255. The third-order valence-electron chi connectivity index (χ3n) is 3.16. The molecular weight excluding hydrogens is 244 g/mol. The van der Waals surface area contributed by atoms with Crippen LogP contribution in [0.2, 0.25) is 0 Å². The van der Waals surface area contributed by atoms with Crippen LogP contribution in [-0.4, -0.2) is 34.3 Å². The maximum atomic E-state index is 9.55. The van der Waals surface area contributed by atoms with Crippen molar-refractivity contribution in [1.82, 2.24) is 9.97 Å². The van der Waals surface area contributed by atoms with Gasteiger partial charge in [0.05, 0.1) is 18.9 Å². The zero-order chi connectivity index (χ0) is 13.1. The molecule has 6 heteroatoms. The van der Waals surface area contributed by atoms with Crippen molar-refractivity contribution >= 4 is 11.6 Å². The Hall–Kier alpha value is -2.08. The summed E-state index contributed by atoms with van der Waals surface area (Å²) in [6.07, 6.45) is 3.71. The molecule has 2 aromatic heterocycles. The number of β-amino-alcohol motifs (C(OH)–C–C–N with tert-alkyl or cyclic N) is 1. The van der Waals surface area contributed by atoms with Crippen LogP contribution in [0.4, 0.5) is 11.6 Å². The number of rotatable bonds is 4. The maximum Gasteiger partial charge on any atom is 0.134 e. The van der Waals surface area contributed by atoms with E-state index in [1.807, 2.05) is 18.2 Å². The first-order chi connectivity index (χ1) is 9.31. The highest BCUT2D eigenvalue weighted by Gasteiger charge is 2.21. The zero-order valence-electron chi connectivity index (χ0n) is 10.5. The van der Waals surface area contributed by atoms with Crippen molar-refractivity contribution in [2.24, 2.45) is 0 Å². The molecule has 1 atom stereocenters. The number of aliphatic hydroxyl groups excluding tert-OH is 1. The van der Waals surface area contributed by atoms with Gasteiger partial charge in [0.25, 0.3) is 0 Å². The van der Waals surface area contributed by atoms with Gasteiger partial charge in [0.15, 0.2) is 0 Å². The highest BCUT2D eigenvalue weighted by Crippen LogP contribution is 2.19. The number of anilines is 2. The highest BCUT2D eigenvalue weighted by molar-refractivity contribution is 5.49. The second kappa shape index (κ2) is 5.27. The van der Waals surface area contributed by atoms with Gasteiger partial charge in [0.1, 0.15) is 23.7 Å². The number of hydrogen-bond acceptors (Lipinski definition) is 6. The second-order valence-corrected chi connectivity index (χ2v) is 4.58. The molecule has 0 bridgehead atoms. The van der Waals surface area contributed by atoms with Crippen molar-refractivity contribution in [1.29, 1.82) is 0 Å². The van der Waals surface area contributed by atoms with E-state index in [-0.39, 0.29) is 6.10 Å². The van der Waals surface area contributed by atoms with Gasteiger partial charge in [-0.05, 0) is 18.6 Å². The van der Waals surface area contributed by atoms with E-state index in [2.05, 4.69) is 20.2 Å². The van der Waals surface area contributed by atoms with Crippen LogP contribution in [0.15, 0.2) is 35.2 Å². The number of aromatic nitrogens is 2. The molecule has 0 amide bonds. The van der Waals surface area contributed by atoms with Crippen molar-refractivity contribution < 1.29 is 9.52 Å². The quantitative estimate of drug-likeness (QED) is 0.862. The number of nitrogens with zero attached hydrogens (tertiary/aromatic N) is 3. The molecule has 3 rings (SSSR count). The van der Waals surface area contributed by atoms with E-state index in [1.54, 1.807) is 6.26 Å². The molecule has 3 heterocycles. The first-order valence-corrected chi connectivity index (χ1v) is 6.32. The van der Waals surface area contributed by atoms with E-state index in [9.17, 15) is 5.11 Å². The van der Waals surface area contributed by atoms with Gasteiger partial charge in [-0.1, -0.05) is 0 Å². The molecular formula is C13H16N4O2. The SMILES string of the molecule is OC1CCN(c2cc(NCc3ccco3)ncn2)C1. The summed E-state index contributed by atoms with van der Waals surface area (Å²) in [5.41, 5.74) is 0. The van der Waals surface area contributed by atoms with E-state index in [1.165, 1.54) is 6.33 Å². The van der Waals surface area contributed by atoms with Gasteiger partial charge in [0, 0.05) is 19.2 Å². The first-order valence-electron chi connectivity index (χ1n) is 6.32. The number of furan rings is 1. The van der Waals surface area contributed by atoms with Gasteiger partial charge in [-0.2, -0.15) is 0 Å². The third-order valence-corrected chi connectivity index (χ3v) is 3.16. The topological polar surface area (TPSA) is 74.4 Å². The Bertz CT molecular complexity index is 529. The molecule has 0 radical (unpaired) electrons. The van der Waals surface area contributed by atoms with Crippen LogP contribution in [0.3, 0.4) is 0 Å². The summed E-state index contributed by atoms with van der Waals surface area (Å²) >= 11 is 0. The van der Waals surface area contributed by atoms with E-state index >= 15 is 0 Å². The van der Waals surface area contributed by atoms with Crippen molar-refractivity contribution in [3.63, 3.8) is 0 Å². The van der Waals surface area contributed by atoms with Crippen LogP contribution in [0.5, 0.6) is 0 Å². The molecule has 1 saturated heterocycles. The van der Waals surface area contributed by atoms with Crippen LogP contribution in [-0.2, 0) is 6.54 Å². The van der Waals surface area contributed by atoms with E-state index in [0.29, 0.717) is 13.1 Å². The van der Waals surface area contributed by atoms with Gasteiger partial charge in [0.2, 0.25) is 0 Å². The predicted molar refractivity (Wildman–Crippen MR) is 70.9 cm³/mol. The smallest absolute Gasteiger partial charge is 0.134 e. The van der Waals surface area contributed by atoms with Crippen molar-refractivity contribution in [3.8, 4) is 0 Å². The van der Waals surface area contributed by atoms with Crippen molar-refractivity contribution in [3.05, 3.63) is 36.5 Å². The average Bonchev–Trinajstić information content (AvgIpc) is 3.08. The minimum atomic E-state index is -0.255. The second-order valence-electron chi connectivity index (χ2n) is 4.58. The van der Waals surface area contributed by atoms with Gasteiger partial charge in [-0.25, -0.2) is 9.97 Å². The molecule has 19 heavy (non-hydrogen) atoms. The van der Waals surface area contributed by atoms with E-state index < -0.39 is 0 Å². The molecule has 0 aliphatic carbocycles. The van der Waals surface area contributed by atoms with Crippen LogP contribution >= 0.6 is 0 Å². The standard InChI is InChI=1S/C13H16N4O2/c18-10-3-4-17(8-10)13-6-12(15-9-16-13)14-7-11-2-1-5-19-11/h1-2,5-6,9-10,18H,3-4,7-8H2,(H,14,15,16). The molecule has 0 spiro atoms. The highest BCUT2D eigenvalue weighted by atomic mass is 16.3. The first kappa shape index (κ1) is 12.0. The molecule has 0 aromatic carbocycles. The van der Waals surface area contributed by atoms with Gasteiger partial charge in [-0.3, -0.25) is 0 Å². The number of aliphatic hydroxyl groups is 1. The summed E-state index contributed by atoms with van der Waals surface area (Å²) < 4.78 is 5.25. The van der Waals surface area contributed by atoms with Crippen LogP contribution in [0.1, 0.15) is 12.2 Å². The lowest BCUT2D eigenvalue weighted by molar-refractivity contribution is 0.198. The zero-order valence-corrected chi connectivity index (χ0v) is 10.5. The van der Waals surface area contributed by atoms with Gasteiger partial charge >= 0.3 is 0 Å². The fourth-order valence-corrected chi connectivity index (χ4v) is 2.16. The van der Waals surface area contributed by atoms with Crippen molar-refractivity contribution in [2.75, 3.05) is 23.3 Å². The van der Waals surface area contributed by atoms with E-state index in [0.717, 1.165) is 30.4 Å². The molecule has 1 fully saturated rings. The lowest BCUT2D eigenvalue weighted by Crippen LogP contribution is -2.22. The largest absolute Gasteiger partial charge is 0.467 e. The average molecular weight is 260 g/mol.